The standard InChI is InChI=1S/C14H21F2N3O4S/c1-14(2,3)19-24(21,22)12-6-11(8(15)5-9(12)16)18-13(20)10(17)7-23-4/h5-6,10,19H,7,17H2,1-4H3,(H,18,20). The Kier molecular flexibility index (Phi) is 6.39. The first-order valence-electron chi connectivity index (χ1n) is 6.96. The van der Waals surface area contributed by atoms with E-state index in [1.807, 2.05) is 0 Å². The number of rotatable bonds is 6. The van der Waals surface area contributed by atoms with Crippen LogP contribution in [-0.2, 0) is 19.6 Å². The van der Waals surface area contributed by atoms with Crippen molar-refractivity contribution in [3.8, 4) is 0 Å². The minimum absolute atomic E-state index is 0.120. The van der Waals surface area contributed by atoms with Gasteiger partial charge in [-0.15, -0.1) is 0 Å². The van der Waals surface area contributed by atoms with Crippen molar-refractivity contribution in [2.24, 2.45) is 5.73 Å². The number of nitrogens with two attached hydrogens (primary N) is 1. The summed E-state index contributed by atoms with van der Waals surface area (Å²) in [5, 5.41) is 2.12. The first kappa shape index (κ1) is 20.4. The van der Waals surface area contributed by atoms with Crippen LogP contribution in [0, 0.1) is 11.6 Å². The van der Waals surface area contributed by atoms with Crippen LogP contribution < -0.4 is 15.8 Å². The van der Waals surface area contributed by atoms with Gasteiger partial charge in [0.1, 0.15) is 22.6 Å². The molecule has 24 heavy (non-hydrogen) atoms. The van der Waals surface area contributed by atoms with Gasteiger partial charge in [-0.2, -0.15) is 0 Å². The first-order valence-corrected chi connectivity index (χ1v) is 8.44. The molecule has 0 spiro atoms. The summed E-state index contributed by atoms with van der Waals surface area (Å²) in [4.78, 5) is 11.0. The Morgan fingerprint density at radius 3 is 2.38 bits per heavy atom. The number of benzene rings is 1. The maximum Gasteiger partial charge on any atom is 0.244 e. The van der Waals surface area contributed by atoms with Gasteiger partial charge in [-0.25, -0.2) is 21.9 Å². The molecule has 0 bridgehead atoms. The van der Waals surface area contributed by atoms with Crippen molar-refractivity contribution in [3.63, 3.8) is 0 Å². The van der Waals surface area contributed by atoms with Gasteiger partial charge in [0.15, 0.2) is 0 Å². The molecule has 4 N–H and O–H groups in total. The molecule has 1 rings (SSSR count). The van der Waals surface area contributed by atoms with Crippen molar-refractivity contribution in [1.29, 1.82) is 0 Å². The second kappa shape index (κ2) is 7.51. The van der Waals surface area contributed by atoms with Crippen molar-refractivity contribution in [1.82, 2.24) is 4.72 Å². The fourth-order valence-corrected chi connectivity index (χ4v) is 3.27. The SMILES string of the molecule is COCC(N)C(=O)Nc1cc(S(=O)(=O)NC(C)(C)C)c(F)cc1F. The van der Waals surface area contributed by atoms with E-state index >= 15 is 0 Å². The van der Waals surface area contributed by atoms with Crippen LogP contribution in [0.4, 0.5) is 14.5 Å². The Morgan fingerprint density at radius 2 is 1.88 bits per heavy atom. The third-order valence-corrected chi connectivity index (χ3v) is 4.47. The molecule has 136 valence electrons. The van der Waals surface area contributed by atoms with Gasteiger partial charge in [-0.3, -0.25) is 4.79 Å². The lowest BCUT2D eigenvalue weighted by atomic mass is 10.1. The van der Waals surface area contributed by atoms with Gasteiger partial charge < -0.3 is 15.8 Å². The lowest BCUT2D eigenvalue weighted by molar-refractivity contribution is -0.118. The van der Waals surface area contributed by atoms with Gasteiger partial charge in [-0.05, 0) is 26.8 Å². The lowest BCUT2D eigenvalue weighted by Gasteiger charge is -2.21. The Hall–Kier alpha value is -1.62. The van der Waals surface area contributed by atoms with Crippen LogP contribution in [0.1, 0.15) is 20.8 Å². The number of carbonyl (C=O) groups excluding carboxylic acids is 1. The van der Waals surface area contributed by atoms with E-state index in [0.29, 0.717) is 12.1 Å². The lowest BCUT2D eigenvalue weighted by Crippen LogP contribution is -2.41. The Bertz CT molecular complexity index is 717. The normalized spacial score (nSPS) is 13.6. The van der Waals surface area contributed by atoms with Crippen molar-refractivity contribution >= 4 is 21.6 Å². The molecule has 0 fully saturated rings. The first-order chi connectivity index (χ1) is 10.9. The Morgan fingerprint density at radius 1 is 1.29 bits per heavy atom. The van der Waals surface area contributed by atoms with Crippen molar-refractivity contribution in [3.05, 3.63) is 23.8 Å². The molecule has 1 amide bonds. The van der Waals surface area contributed by atoms with E-state index in [-0.39, 0.29) is 6.61 Å². The summed E-state index contributed by atoms with van der Waals surface area (Å²) in [6, 6.07) is -0.00241. The number of amides is 1. The molecule has 1 aromatic carbocycles. The molecular weight excluding hydrogens is 344 g/mol. The van der Waals surface area contributed by atoms with E-state index < -0.39 is 49.7 Å². The molecule has 0 aliphatic rings. The highest BCUT2D eigenvalue weighted by molar-refractivity contribution is 7.89. The average molecular weight is 365 g/mol. The van der Waals surface area contributed by atoms with Crippen LogP contribution in [0.15, 0.2) is 17.0 Å². The monoisotopic (exact) mass is 365 g/mol. The number of hydrogen-bond donors (Lipinski definition) is 3. The highest BCUT2D eigenvalue weighted by atomic mass is 32.2. The molecular formula is C14H21F2N3O4S. The number of ether oxygens (including phenoxy) is 1. The number of methoxy groups -OCH3 is 1. The predicted octanol–water partition coefficient (Wildman–Crippen LogP) is 0.954. The minimum Gasteiger partial charge on any atom is -0.383 e. The van der Waals surface area contributed by atoms with Gasteiger partial charge in [-0.1, -0.05) is 0 Å². The molecule has 7 nitrogen and oxygen atoms in total. The van der Waals surface area contributed by atoms with Gasteiger partial charge in [0.25, 0.3) is 0 Å². The molecule has 0 aromatic heterocycles. The molecule has 1 aromatic rings. The van der Waals surface area contributed by atoms with Crippen LogP contribution >= 0.6 is 0 Å². The molecule has 10 heteroatoms. The average Bonchev–Trinajstić information content (AvgIpc) is 2.38. The summed E-state index contributed by atoms with van der Waals surface area (Å²) in [6.07, 6.45) is 0. The molecule has 0 radical (unpaired) electrons. The fourth-order valence-electron chi connectivity index (χ4n) is 1.77. The third kappa shape index (κ3) is 5.48. The van der Waals surface area contributed by atoms with Gasteiger partial charge >= 0.3 is 0 Å². The summed E-state index contributed by atoms with van der Waals surface area (Å²) < 4.78 is 59.1. The number of carbonyl (C=O) groups is 1. The molecule has 0 aliphatic carbocycles. The van der Waals surface area contributed by atoms with Crippen LogP contribution in [0.5, 0.6) is 0 Å². The summed E-state index contributed by atoms with van der Waals surface area (Å²) in [7, 11) is -2.93. The topological polar surface area (TPSA) is 111 Å². The zero-order chi connectivity index (χ0) is 18.7. The largest absolute Gasteiger partial charge is 0.383 e. The predicted molar refractivity (Wildman–Crippen MR) is 84.9 cm³/mol. The van der Waals surface area contributed by atoms with E-state index in [1.54, 1.807) is 20.8 Å². The van der Waals surface area contributed by atoms with E-state index in [4.69, 9.17) is 10.5 Å². The number of hydrogen-bond acceptors (Lipinski definition) is 5. The molecule has 0 aliphatic heterocycles. The molecule has 0 saturated carbocycles. The quantitative estimate of drug-likeness (QED) is 0.695. The molecule has 1 atom stereocenters. The van der Waals surface area contributed by atoms with Crippen LogP contribution in [0.3, 0.4) is 0 Å². The summed E-state index contributed by atoms with van der Waals surface area (Å²) in [5.74, 6) is -3.20. The number of sulfonamides is 1. The van der Waals surface area contributed by atoms with Crippen molar-refractivity contribution in [2.45, 2.75) is 37.2 Å². The molecule has 1 unspecified atom stereocenters. The van der Waals surface area contributed by atoms with E-state index in [0.717, 1.165) is 0 Å². The fraction of sp³-hybridized carbons (Fsp3) is 0.500. The summed E-state index contributed by atoms with van der Waals surface area (Å²) >= 11 is 0. The van der Waals surface area contributed by atoms with Gasteiger partial charge in [0.2, 0.25) is 15.9 Å². The zero-order valence-corrected chi connectivity index (χ0v) is 14.6. The number of halogens is 2. The molecule has 0 heterocycles. The zero-order valence-electron chi connectivity index (χ0n) is 13.8. The van der Waals surface area contributed by atoms with Gasteiger partial charge in [0.05, 0.1) is 12.3 Å². The third-order valence-electron chi connectivity index (χ3n) is 2.69. The van der Waals surface area contributed by atoms with E-state index in [1.165, 1.54) is 7.11 Å². The second-order valence-corrected chi connectivity index (χ2v) is 7.82. The summed E-state index contributed by atoms with van der Waals surface area (Å²) in [6.45, 7) is 4.58. The Balaban J connectivity index is 3.21. The molecule has 0 saturated heterocycles. The maximum atomic E-state index is 13.9. The minimum atomic E-state index is -4.25. The highest BCUT2D eigenvalue weighted by Gasteiger charge is 2.27. The van der Waals surface area contributed by atoms with Crippen LogP contribution in [0.2, 0.25) is 0 Å². The van der Waals surface area contributed by atoms with Crippen molar-refractivity contribution < 1.29 is 26.7 Å². The van der Waals surface area contributed by atoms with Crippen LogP contribution in [0.25, 0.3) is 0 Å². The summed E-state index contributed by atoms with van der Waals surface area (Å²) in [5.41, 5.74) is 4.13. The van der Waals surface area contributed by atoms with E-state index in [2.05, 4.69) is 10.0 Å². The Labute approximate surface area is 139 Å². The van der Waals surface area contributed by atoms with Crippen LogP contribution in [-0.4, -0.2) is 39.6 Å². The van der Waals surface area contributed by atoms with Gasteiger partial charge in [0, 0.05) is 18.7 Å². The number of anilines is 1. The maximum absolute atomic E-state index is 13.9. The van der Waals surface area contributed by atoms with Crippen molar-refractivity contribution in [2.75, 3.05) is 19.0 Å². The second-order valence-electron chi connectivity index (χ2n) is 6.17. The van der Waals surface area contributed by atoms with E-state index in [9.17, 15) is 22.0 Å². The smallest absolute Gasteiger partial charge is 0.244 e. The number of nitrogens with one attached hydrogen (secondary N) is 2. The highest BCUT2D eigenvalue weighted by Crippen LogP contribution is 2.24.